The molecule has 1 fully saturated rings. The summed E-state index contributed by atoms with van der Waals surface area (Å²) in [5.41, 5.74) is 4.81. The van der Waals surface area contributed by atoms with Crippen molar-refractivity contribution in [1.82, 2.24) is 9.97 Å². The molecular weight excluding hydrogens is 332 g/mol. The summed E-state index contributed by atoms with van der Waals surface area (Å²) in [7, 11) is 0. The van der Waals surface area contributed by atoms with Gasteiger partial charge in [-0.15, -0.1) is 0 Å². The van der Waals surface area contributed by atoms with E-state index in [-0.39, 0.29) is 0 Å². The molecule has 3 aromatic rings. The Morgan fingerprint density at radius 2 is 1.63 bits per heavy atom. The number of nitrogens with zero attached hydrogens (tertiary/aromatic N) is 4. The fraction of sp³-hybridized carbons (Fsp3) is 0.304. The molecule has 0 saturated carbocycles. The second-order valence-electron chi connectivity index (χ2n) is 7.52. The third kappa shape index (κ3) is 2.95. The number of hydrogen-bond acceptors (Lipinski definition) is 4. The quantitative estimate of drug-likeness (QED) is 0.673. The first-order valence-electron chi connectivity index (χ1n) is 9.86. The van der Waals surface area contributed by atoms with Crippen molar-refractivity contribution in [2.45, 2.75) is 32.2 Å². The zero-order valence-corrected chi connectivity index (χ0v) is 15.7. The largest absolute Gasteiger partial charge is 0.341 e. The molecule has 0 amide bonds. The Kier molecular flexibility index (Phi) is 4.04. The Morgan fingerprint density at radius 1 is 0.889 bits per heavy atom. The molecule has 0 bridgehead atoms. The van der Waals surface area contributed by atoms with Gasteiger partial charge in [0.05, 0.1) is 5.69 Å². The minimum absolute atomic E-state index is 0.396. The van der Waals surface area contributed by atoms with Crippen molar-refractivity contribution < 1.29 is 0 Å². The molecule has 5 rings (SSSR count). The van der Waals surface area contributed by atoms with Crippen molar-refractivity contribution in [3.8, 4) is 11.3 Å². The lowest BCUT2D eigenvalue weighted by molar-refractivity contribution is 0.747. The fourth-order valence-corrected chi connectivity index (χ4v) is 4.28. The molecule has 2 aliphatic rings. The lowest BCUT2D eigenvalue weighted by Gasteiger charge is -2.26. The highest BCUT2D eigenvalue weighted by Gasteiger charge is 2.29. The Morgan fingerprint density at radius 3 is 2.44 bits per heavy atom. The van der Waals surface area contributed by atoms with E-state index in [1.165, 1.54) is 24.1 Å². The SMILES string of the molecule is CC1Cc2ccccc2N1c1cc(-c2ccccc2)nc(N2CCCC2)n1. The molecule has 2 aromatic carbocycles. The van der Waals surface area contributed by atoms with Crippen LogP contribution >= 0.6 is 0 Å². The number of benzene rings is 2. The maximum absolute atomic E-state index is 5.01. The van der Waals surface area contributed by atoms with Crippen LogP contribution in [-0.4, -0.2) is 29.1 Å². The van der Waals surface area contributed by atoms with Crippen LogP contribution in [0.4, 0.5) is 17.5 Å². The zero-order valence-electron chi connectivity index (χ0n) is 15.7. The average Bonchev–Trinajstić information content (AvgIpc) is 3.35. The third-order valence-electron chi connectivity index (χ3n) is 5.61. The Balaban J connectivity index is 1.64. The molecule has 0 N–H and O–H groups in total. The van der Waals surface area contributed by atoms with Crippen LogP contribution in [0, 0.1) is 0 Å². The first kappa shape index (κ1) is 16.3. The maximum Gasteiger partial charge on any atom is 0.227 e. The number of aromatic nitrogens is 2. The summed E-state index contributed by atoms with van der Waals surface area (Å²) in [4.78, 5) is 14.6. The molecule has 0 aliphatic carbocycles. The van der Waals surface area contributed by atoms with Gasteiger partial charge in [-0.25, -0.2) is 4.98 Å². The number of hydrogen-bond donors (Lipinski definition) is 0. The standard InChI is InChI=1S/C23H24N4/c1-17-15-19-11-5-6-12-21(19)27(17)22-16-20(18-9-3-2-4-10-18)24-23(25-22)26-13-7-8-14-26/h2-6,9-12,16-17H,7-8,13-15H2,1H3. The highest BCUT2D eigenvalue weighted by Crippen LogP contribution is 2.39. The van der Waals surface area contributed by atoms with Gasteiger partial charge >= 0.3 is 0 Å². The van der Waals surface area contributed by atoms with Crippen LogP contribution in [0.2, 0.25) is 0 Å². The van der Waals surface area contributed by atoms with Crippen LogP contribution in [0.15, 0.2) is 60.7 Å². The summed E-state index contributed by atoms with van der Waals surface area (Å²) in [5, 5.41) is 0. The summed E-state index contributed by atoms with van der Waals surface area (Å²) in [5.74, 6) is 1.86. The van der Waals surface area contributed by atoms with Crippen LogP contribution in [0.3, 0.4) is 0 Å². The van der Waals surface area contributed by atoms with Gasteiger partial charge in [-0.3, -0.25) is 0 Å². The summed E-state index contributed by atoms with van der Waals surface area (Å²) >= 11 is 0. The topological polar surface area (TPSA) is 32.3 Å². The van der Waals surface area contributed by atoms with Crippen LogP contribution < -0.4 is 9.80 Å². The molecule has 3 heterocycles. The molecule has 4 nitrogen and oxygen atoms in total. The van der Waals surface area contributed by atoms with Gasteiger partial charge in [0.2, 0.25) is 5.95 Å². The number of fused-ring (bicyclic) bond motifs is 1. The summed E-state index contributed by atoms with van der Waals surface area (Å²) in [6, 6.07) is 21.7. The van der Waals surface area contributed by atoms with E-state index in [4.69, 9.17) is 9.97 Å². The minimum atomic E-state index is 0.396. The maximum atomic E-state index is 5.01. The predicted octanol–water partition coefficient (Wildman–Crippen LogP) is 4.83. The van der Waals surface area contributed by atoms with Crippen molar-refractivity contribution in [1.29, 1.82) is 0 Å². The predicted molar refractivity (Wildman–Crippen MR) is 111 cm³/mol. The van der Waals surface area contributed by atoms with E-state index in [1.807, 2.05) is 6.07 Å². The van der Waals surface area contributed by atoms with Crippen LogP contribution in [-0.2, 0) is 6.42 Å². The molecule has 27 heavy (non-hydrogen) atoms. The molecule has 1 unspecified atom stereocenters. The molecule has 4 heteroatoms. The first-order chi connectivity index (χ1) is 13.3. The monoisotopic (exact) mass is 356 g/mol. The van der Waals surface area contributed by atoms with Crippen molar-refractivity contribution in [3.63, 3.8) is 0 Å². The van der Waals surface area contributed by atoms with Crippen LogP contribution in [0.25, 0.3) is 11.3 Å². The second-order valence-corrected chi connectivity index (χ2v) is 7.52. The molecule has 0 spiro atoms. The van der Waals surface area contributed by atoms with E-state index in [0.29, 0.717) is 6.04 Å². The smallest absolute Gasteiger partial charge is 0.227 e. The molecule has 0 radical (unpaired) electrons. The Labute approximate surface area is 160 Å². The van der Waals surface area contributed by atoms with Gasteiger partial charge in [0, 0.05) is 36.4 Å². The molecule has 2 aliphatic heterocycles. The summed E-state index contributed by atoms with van der Waals surface area (Å²) in [6.07, 6.45) is 3.49. The van der Waals surface area contributed by atoms with Crippen molar-refractivity contribution in [3.05, 3.63) is 66.2 Å². The molecule has 1 aromatic heterocycles. The minimum Gasteiger partial charge on any atom is -0.341 e. The normalized spacial score (nSPS) is 18.8. The molecule has 136 valence electrons. The van der Waals surface area contributed by atoms with Crippen molar-refractivity contribution >= 4 is 17.5 Å². The lowest BCUT2D eigenvalue weighted by Crippen LogP contribution is -2.27. The first-order valence-corrected chi connectivity index (χ1v) is 9.86. The fourth-order valence-electron chi connectivity index (χ4n) is 4.28. The van der Waals surface area contributed by atoms with Crippen LogP contribution in [0.1, 0.15) is 25.3 Å². The van der Waals surface area contributed by atoms with Gasteiger partial charge in [0.15, 0.2) is 0 Å². The van der Waals surface area contributed by atoms with Crippen LogP contribution in [0.5, 0.6) is 0 Å². The van der Waals surface area contributed by atoms with E-state index < -0.39 is 0 Å². The van der Waals surface area contributed by atoms with Crippen molar-refractivity contribution in [2.75, 3.05) is 22.9 Å². The molecule has 1 saturated heterocycles. The average molecular weight is 356 g/mol. The van der Waals surface area contributed by atoms with E-state index in [9.17, 15) is 0 Å². The van der Waals surface area contributed by atoms with Gasteiger partial charge in [-0.05, 0) is 37.8 Å². The molecular formula is C23H24N4. The zero-order chi connectivity index (χ0) is 18.2. The molecule has 1 atom stereocenters. The van der Waals surface area contributed by atoms with Gasteiger partial charge in [-0.1, -0.05) is 48.5 Å². The number of anilines is 3. The summed E-state index contributed by atoms with van der Waals surface area (Å²) in [6.45, 7) is 4.37. The van der Waals surface area contributed by atoms with Gasteiger partial charge in [0.1, 0.15) is 5.82 Å². The van der Waals surface area contributed by atoms with E-state index >= 15 is 0 Å². The Hall–Kier alpha value is -2.88. The summed E-state index contributed by atoms with van der Waals surface area (Å²) < 4.78 is 0. The Bertz CT molecular complexity index is 948. The van der Waals surface area contributed by atoms with E-state index in [0.717, 1.165) is 42.5 Å². The van der Waals surface area contributed by atoms with Gasteiger partial charge in [-0.2, -0.15) is 4.98 Å². The lowest BCUT2D eigenvalue weighted by atomic mass is 10.1. The second kappa shape index (κ2) is 6.69. The van der Waals surface area contributed by atoms with E-state index in [2.05, 4.69) is 71.3 Å². The van der Waals surface area contributed by atoms with E-state index in [1.54, 1.807) is 0 Å². The van der Waals surface area contributed by atoms with Gasteiger partial charge < -0.3 is 9.80 Å². The third-order valence-corrected chi connectivity index (χ3v) is 5.61. The van der Waals surface area contributed by atoms with Crippen molar-refractivity contribution in [2.24, 2.45) is 0 Å². The number of rotatable bonds is 3. The highest BCUT2D eigenvalue weighted by atomic mass is 15.3. The highest BCUT2D eigenvalue weighted by molar-refractivity contribution is 5.73. The van der Waals surface area contributed by atoms with Gasteiger partial charge in [0.25, 0.3) is 0 Å². The number of para-hydroxylation sites is 1.